The molecule has 1 aliphatic carbocycles. The molecule has 1 saturated heterocycles. The summed E-state index contributed by atoms with van der Waals surface area (Å²) >= 11 is 2.48. The Morgan fingerprint density at radius 1 is 1.31 bits per heavy atom. The highest BCUT2D eigenvalue weighted by Gasteiger charge is 2.36. The van der Waals surface area contributed by atoms with Crippen LogP contribution in [0.25, 0.3) is 0 Å². The number of ether oxygens (including phenoxy) is 2. The van der Waals surface area contributed by atoms with Crippen LogP contribution in [-0.2, 0) is 9.47 Å². The molecule has 2 aliphatic rings. The summed E-state index contributed by atoms with van der Waals surface area (Å²) in [6.07, 6.45) is 7.95. The zero-order chi connectivity index (χ0) is 11.4. The second-order valence-electron chi connectivity index (χ2n) is 5.44. The normalized spacial score (nSPS) is 34.9. The molecule has 0 aromatic heterocycles. The maximum atomic E-state index is 6.45. The predicted molar refractivity (Wildman–Crippen MR) is 74.2 cm³/mol. The minimum absolute atomic E-state index is 0.126. The second kappa shape index (κ2) is 6.01. The summed E-state index contributed by atoms with van der Waals surface area (Å²) in [4.78, 5) is 0. The van der Waals surface area contributed by atoms with Crippen molar-refractivity contribution >= 4 is 22.6 Å². The lowest BCUT2D eigenvalue weighted by molar-refractivity contribution is -0.139. The molecule has 0 spiro atoms. The van der Waals surface area contributed by atoms with Crippen LogP contribution in [0.4, 0.5) is 0 Å². The molecule has 1 heterocycles. The molecule has 2 fully saturated rings. The summed E-state index contributed by atoms with van der Waals surface area (Å²) in [6, 6.07) is 0. The SMILES string of the molecule is CC1CCCC(OC2(CI)CCOCC2)C1. The van der Waals surface area contributed by atoms with Crippen LogP contribution in [0.2, 0.25) is 0 Å². The van der Waals surface area contributed by atoms with E-state index in [2.05, 4.69) is 29.5 Å². The first-order valence-electron chi connectivity index (χ1n) is 6.56. The summed E-state index contributed by atoms with van der Waals surface area (Å²) in [5, 5.41) is 0. The van der Waals surface area contributed by atoms with Gasteiger partial charge in [-0.3, -0.25) is 0 Å². The number of halogens is 1. The van der Waals surface area contributed by atoms with Gasteiger partial charge >= 0.3 is 0 Å². The smallest absolute Gasteiger partial charge is 0.0819 e. The quantitative estimate of drug-likeness (QED) is 0.579. The van der Waals surface area contributed by atoms with Gasteiger partial charge in [0.2, 0.25) is 0 Å². The zero-order valence-electron chi connectivity index (χ0n) is 10.2. The Bertz CT molecular complexity index is 214. The summed E-state index contributed by atoms with van der Waals surface area (Å²) < 4.78 is 13.0. The first kappa shape index (κ1) is 13.1. The Kier molecular flexibility index (Phi) is 4.91. The molecule has 2 nitrogen and oxygen atoms in total. The molecule has 0 N–H and O–H groups in total. The molecule has 0 amide bonds. The van der Waals surface area contributed by atoms with Crippen molar-refractivity contribution in [1.29, 1.82) is 0 Å². The van der Waals surface area contributed by atoms with E-state index in [0.717, 1.165) is 36.4 Å². The minimum Gasteiger partial charge on any atom is -0.381 e. The first-order chi connectivity index (χ1) is 7.74. The molecule has 94 valence electrons. The van der Waals surface area contributed by atoms with E-state index >= 15 is 0 Å². The average Bonchev–Trinajstić information content (AvgIpc) is 2.30. The van der Waals surface area contributed by atoms with E-state index in [0.29, 0.717) is 6.10 Å². The van der Waals surface area contributed by atoms with Gasteiger partial charge in [0, 0.05) is 30.5 Å². The van der Waals surface area contributed by atoms with E-state index in [4.69, 9.17) is 9.47 Å². The lowest BCUT2D eigenvalue weighted by Crippen LogP contribution is -2.44. The van der Waals surface area contributed by atoms with Crippen molar-refractivity contribution < 1.29 is 9.47 Å². The van der Waals surface area contributed by atoms with Gasteiger partial charge in [-0.05, 0) is 18.8 Å². The number of rotatable bonds is 3. The van der Waals surface area contributed by atoms with Crippen LogP contribution < -0.4 is 0 Å². The molecule has 0 aromatic carbocycles. The Morgan fingerprint density at radius 3 is 2.69 bits per heavy atom. The van der Waals surface area contributed by atoms with Crippen molar-refractivity contribution in [2.75, 3.05) is 17.6 Å². The van der Waals surface area contributed by atoms with Gasteiger partial charge in [0.05, 0.1) is 11.7 Å². The first-order valence-corrected chi connectivity index (χ1v) is 8.08. The third-order valence-electron chi connectivity index (χ3n) is 3.95. The molecule has 2 atom stereocenters. The summed E-state index contributed by atoms with van der Waals surface area (Å²) in [6.45, 7) is 4.12. The molecule has 0 aromatic rings. The van der Waals surface area contributed by atoms with Crippen LogP contribution in [0, 0.1) is 5.92 Å². The molecule has 0 radical (unpaired) electrons. The summed E-state index contributed by atoms with van der Waals surface area (Å²) in [5.74, 6) is 0.852. The van der Waals surface area contributed by atoms with E-state index < -0.39 is 0 Å². The Hall–Kier alpha value is 0.650. The topological polar surface area (TPSA) is 18.5 Å². The van der Waals surface area contributed by atoms with Crippen LogP contribution in [0.5, 0.6) is 0 Å². The van der Waals surface area contributed by atoms with Crippen molar-refractivity contribution in [1.82, 2.24) is 0 Å². The van der Waals surface area contributed by atoms with Gasteiger partial charge in [-0.15, -0.1) is 0 Å². The Labute approximate surface area is 113 Å². The maximum absolute atomic E-state index is 6.45. The average molecular weight is 338 g/mol. The monoisotopic (exact) mass is 338 g/mol. The van der Waals surface area contributed by atoms with Crippen molar-refractivity contribution in [3.8, 4) is 0 Å². The van der Waals surface area contributed by atoms with E-state index in [1.54, 1.807) is 0 Å². The van der Waals surface area contributed by atoms with Gasteiger partial charge in [-0.1, -0.05) is 42.4 Å². The van der Waals surface area contributed by atoms with Crippen molar-refractivity contribution in [2.45, 2.75) is 57.2 Å². The van der Waals surface area contributed by atoms with Crippen LogP contribution in [0.1, 0.15) is 45.4 Å². The Balaban J connectivity index is 1.89. The van der Waals surface area contributed by atoms with Gasteiger partial charge in [-0.2, -0.15) is 0 Å². The minimum atomic E-state index is 0.126. The fourth-order valence-corrected chi connectivity index (χ4v) is 3.81. The number of hydrogen-bond acceptors (Lipinski definition) is 2. The third kappa shape index (κ3) is 3.33. The largest absolute Gasteiger partial charge is 0.381 e. The summed E-state index contributed by atoms with van der Waals surface area (Å²) in [5.41, 5.74) is 0.126. The molecule has 3 heteroatoms. The fraction of sp³-hybridized carbons (Fsp3) is 1.00. The van der Waals surface area contributed by atoms with E-state index in [1.165, 1.54) is 25.7 Å². The van der Waals surface area contributed by atoms with Crippen LogP contribution in [0.15, 0.2) is 0 Å². The third-order valence-corrected chi connectivity index (χ3v) is 5.34. The molecule has 0 bridgehead atoms. The van der Waals surface area contributed by atoms with Crippen LogP contribution in [0.3, 0.4) is 0 Å². The maximum Gasteiger partial charge on any atom is 0.0819 e. The summed E-state index contributed by atoms with van der Waals surface area (Å²) in [7, 11) is 0. The molecular weight excluding hydrogens is 315 g/mol. The van der Waals surface area contributed by atoms with Gasteiger partial charge < -0.3 is 9.47 Å². The van der Waals surface area contributed by atoms with Crippen molar-refractivity contribution in [2.24, 2.45) is 5.92 Å². The van der Waals surface area contributed by atoms with Crippen LogP contribution in [-0.4, -0.2) is 29.3 Å². The predicted octanol–water partition coefficient (Wildman–Crippen LogP) is 3.57. The van der Waals surface area contributed by atoms with Gasteiger partial charge in [0.1, 0.15) is 0 Å². The molecule has 16 heavy (non-hydrogen) atoms. The highest BCUT2D eigenvalue weighted by Crippen LogP contribution is 2.34. The number of hydrogen-bond donors (Lipinski definition) is 0. The molecule has 1 saturated carbocycles. The highest BCUT2D eigenvalue weighted by atomic mass is 127. The number of alkyl halides is 1. The van der Waals surface area contributed by atoms with Crippen molar-refractivity contribution in [3.05, 3.63) is 0 Å². The Morgan fingerprint density at radius 2 is 2.06 bits per heavy atom. The molecular formula is C13H23IO2. The highest BCUT2D eigenvalue weighted by molar-refractivity contribution is 14.1. The van der Waals surface area contributed by atoms with Gasteiger partial charge in [0.25, 0.3) is 0 Å². The molecule has 2 rings (SSSR count). The van der Waals surface area contributed by atoms with Crippen molar-refractivity contribution in [3.63, 3.8) is 0 Å². The molecule has 1 aliphatic heterocycles. The lowest BCUT2D eigenvalue weighted by Gasteiger charge is -2.40. The van der Waals surface area contributed by atoms with E-state index in [-0.39, 0.29) is 5.60 Å². The fourth-order valence-electron chi connectivity index (χ4n) is 2.87. The standard InChI is InChI=1S/C13H23IO2/c1-11-3-2-4-12(9-11)16-13(10-14)5-7-15-8-6-13/h11-12H,2-10H2,1H3. The van der Waals surface area contributed by atoms with E-state index in [1.807, 2.05) is 0 Å². The zero-order valence-corrected chi connectivity index (χ0v) is 12.4. The van der Waals surface area contributed by atoms with Crippen LogP contribution >= 0.6 is 22.6 Å². The van der Waals surface area contributed by atoms with E-state index in [9.17, 15) is 0 Å². The lowest BCUT2D eigenvalue weighted by atomic mass is 9.87. The molecule has 2 unspecified atom stereocenters. The second-order valence-corrected chi connectivity index (χ2v) is 6.20. The van der Waals surface area contributed by atoms with Gasteiger partial charge in [0.15, 0.2) is 0 Å². The van der Waals surface area contributed by atoms with Gasteiger partial charge in [-0.25, -0.2) is 0 Å².